The zero-order chi connectivity index (χ0) is 21.0. The molecule has 0 saturated carbocycles. The lowest BCUT2D eigenvalue weighted by atomic mass is 9.95. The molecule has 0 fully saturated rings. The molecule has 0 aliphatic carbocycles. The molecule has 3 aromatic rings. The van der Waals surface area contributed by atoms with Gasteiger partial charge in [-0.15, -0.1) is 6.58 Å². The summed E-state index contributed by atoms with van der Waals surface area (Å²) in [4.78, 5) is 45.9. The molecule has 0 saturated heterocycles. The van der Waals surface area contributed by atoms with Crippen LogP contribution in [0.15, 0.2) is 46.5 Å². The first-order valence-electron chi connectivity index (χ1n) is 9.65. The van der Waals surface area contributed by atoms with E-state index >= 15 is 0 Å². The second kappa shape index (κ2) is 8.72. The van der Waals surface area contributed by atoms with Crippen molar-refractivity contribution in [3.8, 4) is 0 Å². The number of nitrogens with one attached hydrogen (secondary N) is 3. The summed E-state index contributed by atoms with van der Waals surface area (Å²) in [7, 11) is 0. The molecule has 29 heavy (non-hydrogen) atoms. The van der Waals surface area contributed by atoms with E-state index < -0.39 is 11.2 Å². The zero-order valence-electron chi connectivity index (χ0n) is 16.6. The lowest BCUT2D eigenvalue weighted by Gasteiger charge is -2.14. The van der Waals surface area contributed by atoms with Crippen LogP contribution in [0.1, 0.15) is 50.4 Å². The largest absolute Gasteiger partial charge is 0.336 e. The van der Waals surface area contributed by atoms with Crippen LogP contribution >= 0.6 is 0 Å². The first kappa shape index (κ1) is 20.3. The number of aromatic nitrogens is 4. The molecule has 1 aromatic carbocycles. The smallest absolute Gasteiger partial charge is 0.330 e. The van der Waals surface area contributed by atoms with Crippen LogP contribution in [0.4, 0.5) is 5.69 Å². The molecular weight excluding hydrogens is 370 g/mol. The lowest BCUT2D eigenvalue weighted by molar-refractivity contribution is -0.114. The van der Waals surface area contributed by atoms with Crippen molar-refractivity contribution in [3.05, 3.63) is 69.1 Å². The van der Waals surface area contributed by atoms with Crippen molar-refractivity contribution >= 4 is 22.8 Å². The van der Waals surface area contributed by atoms with Crippen LogP contribution in [0.25, 0.3) is 11.2 Å². The highest BCUT2D eigenvalue weighted by atomic mass is 16.2. The van der Waals surface area contributed by atoms with E-state index in [4.69, 9.17) is 0 Å². The van der Waals surface area contributed by atoms with E-state index in [2.05, 4.69) is 26.8 Å². The van der Waals surface area contributed by atoms with E-state index in [0.29, 0.717) is 35.6 Å². The molecule has 0 spiro atoms. The van der Waals surface area contributed by atoms with Gasteiger partial charge in [-0.1, -0.05) is 31.6 Å². The van der Waals surface area contributed by atoms with Gasteiger partial charge in [-0.05, 0) is 30.5 Å². The number of aromatic amines is 2. The number of hydrogen-bond acceptors (Lipinski definition) is 4. The number of imidazole rings is 1. The van der Waals surface area contributed by atoms with Crippen molar-refractivity contribution in [1.29, 1.82) is 0 Å². The molecule has 0 radical (unpaired) electrons. The van der Waals surface area contributed by atoms with Gasteiger partial charge >= 0.3 is 5.69 Å². The van der Waals surface area contributed by atoms with Crippen molar-refractivity contribution in [2.75, 3.05) is 5.32 Å². The average Bonchev–Trinajstić information content (AvgIpc) is 3.12. The molecular formula is C21H25N5O3. The number of carbonyl (C=O) groups is 1. The molecule has 2 aromatic heterocycles. The molecule has 1 amide bonds. The maximum Gasteiger partial charge on any atom is 0.330 e. The van der Waals surface area contributed by atoms with Gasteiger partial charge in [-0.25, -0.2) is 9.78 Å². The molecule has 0 aliphatic heterocycles. The van der Waals surface area contributed by atoms with Crippen molar-refractivity contribution in [2.24, 2.45) is 0 Å². The van der Waals surface area contributed by atoms with E-state index in [1.165, 1.54) is 11.5 Å². The monoisotopic (exact) mass is 395 g/mol. The Morgan fingerprint density at radius 1 is 1.28 bits per heavy atom. The second-order valence-corrected chi connectivity index (χ2v) is 6.97. The third-order valence-electron chi connectivity index (χ3n) is 4.75. The number of carbonyl (C=O) groups excluding carboxylic acids is 1. The van der Waals surface area contributed by atoms with Crippen molar-refractivity contribution in [1.82, 2.24) is 19.5 Å². The van der Waals surface area contributed by atoms with E-state index in [1.54, 1.807) is 6.08 Å². The van der Waals surface area contributed by atoms with E-state index in [0.717, 1.165) is 18.4 Å². The quantitative estimate of drug-likeness (QED) is 0.509. The molecule has 2 heterocycles. The van der Waals surface area contributed by atoms with Crippen LogP contribution in [0, 0.1) is 0 Å². The molecule has 0 bridgehead atoms. The van der Waals surface area contributed by atoms with Gasteiger partial charge in [0, 0.05) is 25.1 Å². The number of amides is 1. The van der Waals surface area contributed by atoms with Crippen LogP contribution in [-0.2, 0) is 11.3 Å². The summed E-state index contributed by atoms with van der Waals surface area (Å²) in [5.41, 5.74) is 1.39. The van der Waals surface area contributed by atoms with Gasteiger partial charge in [-0.2, -0.15) is 0 Å². The molecule has 1 unspecified atom stereocenters. The number of anilines is 1. The highest BCUT2D eigenvalue weighted by Crippen LogP contribution is 2.28. The SMILES string of the molecule is C=CCC(c1ccc(NC(C)=O)cc1)c1nc2c([nH]1)c(=O)[nH]c(=O)n2CCCC. The summed E-state index contributed by atoms with van der Waals surface area (Å²) >= 11 is 0. The standard InChI is InChI=1S/C21H25N5O3/c1-4-6-12-26-19-17(20(28)25-21(26)29)23-18(24-19)16(7-5-2)14-8-10-15(11-9-14)22-13(3)27/h5,8-11,16H,2,4,6-7,12H2,1,3H3,(H,22,27)(H,23,24)(H,25,28,29). The molecule has 152 valence electrons. The maximum atomic E-state index is 12.3. The number of rotatable bonds is 8. The predicted molar refractivity (Wildman–Crippen MR) is 113 cm³/mol. The molecule has 0 aliphatic rings. The Hall–Kier alpha value is -3.42. The Kier molecular flexibility index (Phi) is 6.11. The summed E-state index contributed by atoms with van der Waals surface area (Å²) in [6.45, 7) is 7.81. The van der Waals surface area contributed by atoms with Gasteiger partial charge in [0.2, 0.25) is 5.91 Å². The topological polar surface area (TPSA) is 113 Å². The molecule has 8 heteroatoms. The lowest BCUT2D eigenvalue weighted by Crippen LogP contribution is -2.30. The average molecular weight is 395 g/mol. The number of H-pyrrole nitrogens is 2. The highest BCUT2D eigenvalue weighted by molar-refractivity contribution is 5.88. The fourth-order valence-corrected chi connectivity index (χ4v) is 3.32. The number of fused-ring (bicyclic) bond motifs is 1. The Bertz CT molecular complexity index is 1140. The van der Waals surface area contributed by atoms with Crippen LogP contribution < -0.4 is 16.6 Å². The second-order valence-electron chi connectivity index (χ2n) is 6.97. The number of allylic oxidation sites excluding steroid dienone is 1. The molecule has 3 N–H and O–H groups in total. The molecule has 8 nitrogen and oxygen atoms in total. The van der Waals surface area contributed by atoms with Crippen LogP contribution in [0.5, 0.6) is 0 Å². The van der Waals surface area contributed by atoms with Gasteiger partial charge in [0.25, 0.3) is 5.56 Å². The van der Waals surface area contributed by atoms with Crippen molar-refractivity contribution < 1.29 is 4.79 Å². The number of nitrogens with zero attached hydrogens (tertiary/aromatic N) is 2. The van der Waals surface area contributed by atoms with Gasteiger partial charge in [0.05, 0.1) is 0 Å². The summed E-state index contributed by atoms with van der Waals surface area (Å²) in [5, 5.41) is 2.74. The third-order valence-corrected chi connectivity index (χ3v) is 4.75. The normalized spacial score (nSPS) is 12.1. The zero-order valence-corrected chi connectivity index (χ0v) is 16.6. The van der Waals surface area contributed by atoms with Crippen LogP contribution in [-0.4, -0.2) is 25.4 Å². The number of benzene rings is 1. The summed E-state index contributed by atoms with van der Waals surface area (Å²) in [6, 6.07) is 7.45. The Morgan fingerprint density at radius 2 is 2.00 bits per heavy atom. The van der Waals surface area contributed by atoms with Crippen LogP contribution in [0.3, 0.4) is 0 Å². The van der Waals surface area contributed by atoms with Gasteiger partial charge in [0.15, 0.2) is 5.65 Å². The van der Waals surface area contributed by atoms with Gasteiger partial charge in [0.1, 0.15) is 11.3 Å². The van der Waals surface area contributed by atoms with E-state index in [9.17, 15) is 14.4 Å². The number of hydrogen-bond donors (Lipinski definition) is 3. The van der Waals surface area contributed by atoms with E-state index in [-0.39, 0.29) is 11.8 Å². The first-order valence-corrected chi connectivity index (χ1v) is 9.65. The highest BCUT2D eigenvalue weighted by Gasteiger charge is 2.20. The summed E-state index contributed by atoms with van der Waals surface area (Å²) in [5.74, 6) is 0.288. The maximum absolute atomic E-state index is 12.3. The van der Waals surface area contributed by atoms with E-state index in [1.807, 2.05) is 31.2 Å². The summed E-state index contributed by atoms with van der Waals surface area (Å²) in [6.07, 6.45) is 4.11. The van der Waals surface area contributed by atoms with Crippen LogP contribution in [0.2, 0.25) is 0 Å². The first-order chi connectivity index (χ1) is 13.9. The summed E-state index contributed by atoms with van der Waals surface area (Å²) < 4.78 is 1.51. The minimum absolute atomic E-state index is 0.137. The fraction of sp³-hybridized carbons (Fsp3) is 0.333. The Morgan fingerprint density at radius 3 is 2.62 bits per heavy atom. The minimum atomic E-state index is -0.477. The number of aryl methyl sites for hydroxylation is 1. The van der Waals surface area contributed by atoms with Crippen molar-refractivity contribution in [3.63, 3.8) is 0 Å². The molecule has 3 rings (SSSR count). The van der Waals surface area contributed by atoms with Crippen molar-refractivity contribution in [2.45, 2.75) is 45.6 Å². The van der Waals surface area contributed by atoms with Gasteiger partial charge in [-0.3, -0.25) is 19.1 Å². The Balaban J connectivity index is 2.06. The predicted octanol–water partition coefficient (Wildman–Crippen LogP) is 2.88. The number of unbranched alkanes of at least 4 members (excludes halogenated alkanes) is 1. The molecule has 1 atom stereocenters. The third kappa shape index (κ3) is 4.37. The van der Waals surface area contributed by atoms with Gasteiger partial charge < -0.3 is 10.3 Å². The Labute approximate surface area is 167 Å². The minimum Gasteiger partial charge on any atom is -0.336 e. The fourth-order valence-electron chi connectivity index (χ4n) is 3.32.